The van der Waals surface area contributed by atoms with Crippen molar-refractivity contribution in [1.29, 1.82) is 0 Å². The summed E-state index contributed by atoms with van der Waals surface area (Å²) in [5.41, 5.74) is 2.58. The molecule has 0 spiro atoms. The highest BCUT2D eigenvalue weighted by molar-refractivity contribution is 5.99. The lowest BCUT2D eigenvalue weighted by molar-refractivity contribution is 0.960. The standard InChI is InChI=1S/C11H14N2/c1-2-9-3-5-10(6-4-9)11-12-7-8-13-11/h3-6H,2,7-8H2,1H3,(H,12,13). The van der Waals surface area contributed by atoms with Crippen molar-refractivity contribution in [2.45, 2.75) is 13.3 Å². The molecule has 0 saturated heterocycles. The summed E-state index contributed by atoms with van der Waals surface area (Å²) < 4.78 is 0. The maximum absolute atomic E-state index is 4.37. The Labute approximate surface area is 78.7 Å². The Morgan fingerprint density at radius 1 is 1.31 bits per heavy atom. The van der Waals surface area contributed by atoms with Crippen molar-refractivity contribution in [2.75, 3.05) is 13.1 Å². The monoisotopic (exact) mass is 174 g/mol. The van der Waals surface area contributed by atoms with Crippen molar-refractivity contribution in [3.8, 4) is 0 Å². The van der Waals surface area contributed by atoms with Gasteiger partial charge < -0.3 is 5.32 Å². The molecule has 0 aliphatic carbocycles. The number of aryl methyl sites for hydroxylation is 1. The van der Waals surface area contributed by atoms with E-state index >= 15 is 0 Å². The fraction of sp³-hybridized carbons (Fsp3) is 0.364. The van der Waals surface area contributed by atoms with Crippen LogP contribution in [0.15, 0.2) is 29.3 Å². The number of hydrogen-bond donors (Lipinski definition) is 1. The Hall–Kier alpha value is -1.31. The van der Waals surface area contributed by atoms with E-state index in [9.17, 15) is 0 Å². The summed E-state index contributed by atoms with van der Waals surface area (Å²) in [6.45, 7) is 4.05. The first-order valence-electron chi connectivity index (χ1n) is 4.78. The Bertz CT molecular complexity index is 311. The second-order valence-electron chi connectivity index (χ2n) is 3.21. The number of nitrogens with one attached hydrogen (secondary N) is 1. The SMILES string of the molecule is CCc1ccc(C2=NCCN2)cc1. The topological polar surface area (TPSA) is 24.4 Å². The molecule has 1 aliphatic rings. The Balaban J connectivity index is 2.22. The molecule has 1 aromatic rings. The first-order chi connectivity index (χ1) is 6.40. The highest BCUT2D eigenvalue weighted by Gasteiger charge is 2.06. The second kappa shape index (κ2) is 3.60. The number of benzene rings is 1. The summed E-state index contributed by atoms with van der Waals surface area (Å²) in [5, 5.41) is 3.26. The van der Waals surface area contributed by atoms with Crippen molar-refractivity contribution in [3.63, 3.8) is 0 Å². The highest BCUT2D eigenvalue weighted by atomic mass is 15.1. The van der Waals surface area contributed by atoms with Gasteiger partial charge in [0.2, 0.25) is 0 Å². The molecule has 1 N–H and O–H groups in total. The Kier molecular flexibility index (Phi) is 2.30. The molecule has 0 unspecified atom stereocenters. The van der Waals surface area contributed by atoms with Crippen LogP contribution in [0.5, 0.6) is 0 Å². The van der Waals surface area contributed by atoms with Crippen molar-refractivity contribution in [2.24, 2.45) is 4.99 Å². The van der Waals surface area contributed by atoms with Gasteiger partial charge in [0.05, 0.1) is 6.54 Å². The zero-order valence-corrected chi connectivity index (χ0v) is 7.88. The molecule has 13 heavy (non-hydrogen) atoms. The molecule has 68 valence electrons. The minimum Gasteiger partial charge on any atom is -0.368 e. The average molecular weight is 174 g/mol. The summed E-state index contributed by atoms with van der Waals surface area (Å²) in [7, 11) is 0. The predicted molar refractivity (Wildman–Crippen MR) is 55.2 cm³/mol. The number of amidine groups is 1. The fourth-order valence-electron chi connectivity index (χ4n) is 1.49. The summed E-state index contributed by atoms with van der Waals surface area (Å²) >= 11 is 0. The molecule has 0 bridgehead atoms. The maximum Gasteiger partial charge on any atom is 0.128 e. The van der Waals surface area contributed by atoms with E-state index < -0.39 is 0 Å². The first-order valence-corrected chi connectivity index (χ1v) is 4.78. The van der Waals surface area contributed by atoms with Gasteiger partial charge in [-0.15, -0.1) is 0 Å². The molecule has 0 fully saturated rings. The largest absolute Gasteiger partial charge is 0.368 e. The highest BCUT2D eigenvalue weighted by Crippen LogP contribution is 2.06. The van der Waals surface area contributed by atoms with Crippen molar-refractivity contribution >= 4 is 5.84 Å². The van der Waals surface area contributed by atoms with E-state index in [0.717, 1.165) is 25.3 Å². The quantitative estimate of drug-likeness (QED) is 0.723. The van der Waals surface area contributed by atoms with E-state index in [-0.39, 0.29) is 0 Å². The van der Waals surface area contributed by atoms with E-state index in [0.29, 0.717) is 0 Å². The van der Waals surface area contributed by atoms with Gasteiger partial charge in [-0.1, -0.05) is 31.2 Å². The smallest absolute Gasteiger partial charge is 0.128 e. The van der Waals surface area contributed by atoms with Gasteiger partial charge in [0.15, 0.2) is 0 Å². The molecular weight excluding hydrogens is 160 g/mol. The molecule has 2 nitrogen and oxygen atoms in total. The van der Waals surface area contributed by atoms with Crippen molar-refractivity contribution < 1.29 is 0 Å². The van der Waals surface area contributed by atoms with Crippen LogP contribution < -0.4 is 5.32 Å². The Morgan fingerprint density at radius 3 is 2.62 bits per heavy atom. The van der Waals surface area contributed by atoms with E-state index in [2.05, 4.69) is 41.5 Å². The third kappa shape index (κ3) is 1.72. The van der Waals surface area contributed by atoms with Crippen LogP contribution in [0.2, 0.25) is 0 Å². The summed E-state index contributed by atoms with van der Waals surface area (Å²) in [6.07, 6.45) is 1.10. The molecule has 0 aromatic heterocycles. The zero-order chi connectivity index (χ0) is 9.10. The normalized spacial score (nSPS) is 15.3. The number of aliphatic imine (C=N–C) groups is 1. The van der Waals surface area contributed by atoms with Gasteiger partial charge in [0.25, 0.3) is 0 Å². The number of rotatable bonds is 2. The van der Waals surface area contributed by atoms with Crippen LogP contribution in [-0.4, -0.2) is 18.9 Å². The van der Waals surface area contributed by atoms with Gasteiger partial charge in [-0.25, -0.2) is 0 Å². The summed E-state index contributed by atoms with van der Waals surface area (Å²) in [5.74, 6) is 1.04. The lowest BCUT2D eigenvalue weighted by atomic mass is 10.1. The van der Waals surface area contributed by atoms with Crippen LogP contribution in [-0.2, 0) is 6.42 Å². The Morgan fingerprint density at radius 2 is 2.08 bits per heavy atom. The van der Waals surface area contributed by atoms with Crippen LogP contribution in [0.25, 0.3) is 0 Å². The van der Waals surface area contributed by atoms with Gasteiger partial charge >= 0.3 is 0 Å². The fourth-order valence-corrected chi connectivity index (χ4v) is 1.49. The van der Waals surface area contributed by atoms with Crippen LogP contribution in [0.4, 0.5) is 0 Å². The number of nitrogens with zero attached hydrogens (tertiary/aromatic N) is 1. The second-order valence-corrected chi connectivity index (χ2v) is 3.21. The molecule has 0 atom stereocenters. The zero-order valence-electron chi connectivity index (χ0n) is 7.88. The van der Waals surface area contributed by atoms with Gasteiger partial charge in [-0.3, -0.25) is 4.99 Å². The van der Waals surface area contributed by atoms with Crippen LogP contribution >= 0.6 is 0 Å². The minimum atomic E-state index is 0.908. The van der Waals surface area contributed by atoms with E-state index in [4.69, 9.17) is 0 Å². The van der Waals surface area contributed by atoms with Gasteiger partial charge in [-0.2, -0.15) is 0 Å². The van der Waals surface area contributed by atoms with Gasteiger partial charge in [-0.05, 0) is 12.0 Å². The first kappa shape index (κ1) is 8.30. The van der Waals surface area contributed by atoms with E-state index in [1.807, 2.05) is 0 Å². The number of hydrogen-bond acceptors (Lipinski definition) is 2. The van der Waals surface area contributed by atoms with Gasteiger partial charge in [0, 0.05) is 12.1 Å². The lowest BCUT2D eigenvalue weighted by Crippen LogP contribution is -2.19. The lowest BCUT2D eigenvalue weighted by Gasteiger charge is -2.02. The van der Waals surface area contributed by atoms with Crippen molar-refractivity contribution in [3.05, 3.63) is 35.4 Å². The molecule has 2 heteroatoms. The van der Waals surface area contributed by atoms with E-state index in [1.165, 1.54) is 11.1 Å². The third-order valence-corrected chi connectivity index (χ3v) is 2.31. The molecular formula is C11H14N2. The van der Waals surface area contributed by atoms with Gasteiger partial charge in [0.1, 0.15) is 5.84 Å². The maximum atomic E-state index is 4.37. The predicted octanol–water partition coefficient (Wildman–Crippen LogP) is 1.60. The minimum absolute atomic E-state index is 0.908. The van der Waals surface area contributed by atoms with Crippen LogP contribution in [0.3, 0.4) is 0 Å². The summed E-state index contributed by atoms with van der Waals surface area (Å²) in [6, 6.07) is 8.60. The average Bonchev–Trinajstić information content (AvgIpc) is 2.71. The van der Waals surface area contributed by atoms with Crippen molar-refractivity contribution in [1.82, 2.24) is 5.32 Å². The molecule has 0 saturated carbocycles. The third-order valence-electron chi connectivity index (χ3n) is 2.31. The van der Waals surface area contributed by atoms with Crippen LogP contribution in [0, 0.1) is 0 Å². The molecule has 2 rings (SSSR count). The molecule has 1 heterocycles. The molecule has 0 radical (unpaired) electrons. The van der Waals surface area contributed by atoms with E-state index in [1.54, 1.807) is 0 Å². The molecule has 1 aliphatic heterocycles. The molecule has 1 aromatic carbocycles. The molecule has 0 amide bonds. The summed E-state index contributed by atoms with van der Waals surface area (Å²) in [4.78, 5) is 4.37. The van der Waals surface area contributed by atoms with Crippen LogP contribution in [0.1, 0.15) is 18.1 Å².